The number of hydrogen-bond acceptors (Lipinski definition) is 5. The van der Waals surface area contributed by atoms with Gasteiger partial charge in [0.25, 0.3) is 0 Å². The maximum atomic E-state index is 12.6. The number of aryl methyl sites for hydroxylation is 1. The lowest BCUT2D eigenvalue weighted by molar-refractivity contribution is -0.135. The van der Waals surface area contributed by atoms with Gasteiger partial charge in [0.1, 0.15) is 0 Å². The largest absolute Gasteiger partial charge is 0.339 e. The highest BCUT2D eigenvalue weighted by molar-refractivity contribution is 6.30. The molecular weight excluding hydrogens is 387 g/mol. The van der Waals surface area contributed by atoms with E-state index in [0.717, 1.165) is 31.4 Å². The number of carbonyl (C=O) groups is 1. The molecule has 1 saturated heterocycles. The van der Waals surface area contributed by atoms with Crippen molar-refractivity contribution in [2.45, 2.75) is 57.5 Å². The monoisotopic (exact) mass is 412 g/mol. The van der Waals surface area contributed by atoms with Gasteiger partial charge in [-0.3, -0.25) is 4.79 Å². The normalized spacial score (nSPS) is 18.0. The van der Waals surface area contributed by atoms with E-state index in [2.05, 4.69) is 10.1 Å². The molecule has 1 aliphatic heterocycles. The molecule has 1 aromatic carbocycles. The maximum Gasteiger partial charge on any atom is 0.226 e. The van der Waals surface area contributed by atoms with E-state index in [4.69, 9.17) is 21.9 Å². The molecule has 0 aliphatic carbocycles. The molecule has 2 aromatic rings. The zero-order chi connectivity index (χ0) is 18.5. The van der Waals surface area contributed by atoms with Crippen LogP contribution >= 0.6 is 24.0 Å². The SMILES string of the molecule is CC(N)C1CCCCN1C(=O)CCCc1nc(-c2ccc(Cl)cc2)no1.Cl. The molecule has 0 saturated carbocycles. The molecule has 6 nitrogen and oxygen atoms in total. The number of likely N-dealkylation sites (tertiary alicyclic amines) is 1. The first-order valence-corrected chi connectivity index (χ1v) is 9.56. The summed E-state index contributed by atoms with van der Waals surface area (Å²) >= 11 is 5.89. The molecule has 0 bridgehead atoms. The van der Waals surface area contributed by atoms with Crippen molar-refractivity contribution in [3.63, 3.8) is 0 Å². The second-order valence-corrected chi connectivity index (χ2v) is 7.32. The Hall–Kier alpha value is -1.63. The van der Waals surface area contributed by atoms with Crippen molar-refractivity contribution in [2.75, 3.05) is 6.54 Å². The Balaban J connectivity index is 0.00000261. The van der Waals surface area contributed by atoms with Gasteiger partial charge in [0.05, 0.1) is 0 Å². The topological polar surface area (TPSA) is 85.2 Å². The predicted octanol–water partition coefficient (Wildman–Crippen LogP) is 3.86. The van der Waals surface area contributed by atoms with Gasteiger partial charge in [0.2, 0.25) is 17.6 Å². The lowest BCUT2D eigenvalue weighted by atomic mass is 9.96. The van der Waals surface area contributed by atoms with E-state index in [-0.39, 0.29) is 30.4 Å². The summed E-state index contributed by atoms with van der Waals surface area (Å²) in [5.74, 6) is 1.26. The Kier molecular flexibility index (Phi) is 8.07. The average Bonchev–Trinajstić information content (AvgIpc) is 3.11. The van der Waals surface area contributed by atoms with Crippen LogP contribution in [-0.2, 0) is 11.2 Å². The summed E-state index contributed by atoms with van der Waals surface area (Å²) < 4.78 is 5.30. The molecule has 8 heteroatoms. The third kappa shape index (κ3) is 5.67. The third-order valence-corrected chi connectivity index (χ3v) is 5.08. The van der Waals surface area contributed by atoms with Gasteiger partial charge in [-0.15, -0.1) is 12.4 Å². The van der Waals surface area contributed by atoms with E-state index in [0.29, 0.717) is 36.0 Å². The molecule has 1 aliphatic rings. The Morgan fingerprint density at radius 2 is 2.11 bits per heavy atom. The van der Waals surface area contributed by atoms with Gasteiger partial charge >= 0.3 is 0 Å². The summed E-state index contributed by atoms with van der Waals surface area (Å²) in [6.45, 7) is 2.79. The molecular formula is C19H26Cl2N4O2. The summed E-state index contributed by atoms with van der Waals surface area (Å²) in [6, 6.07) is 7.46. The zero-order valence-corrected chi connectivity index (χ0v) is 17.0. The first-order chi connectivity index (χ1) is 12.5. The van der Waals surface area contributed by atoms with Crippen molar-refractivity contribution in [3.05, 3.63) is 35.2 Å². The van der Waals surface area contributed by atoms with E-state index in [9.17, 15) is 4.79 Å². The van der Waals surface area contributed by atoms with Crippen molar-refractivity contribution >= 4 is 29.9 Å². The highest BCUT2D eigenvalue weighted by Gasteiger charge is 2.28. The van der Waals surface area contributed by atoms with Crippen molar-refractivity contribution in [1.82, 2.24) is 15.0 Å². The number of halogens is 2. The number of piperidine rings is 1. The van der Waals surface area contributed by atoms with Gasteiger partial charge in [-0.05, 0) is 56.9 Å². The number of benzene rings is 1. The Morgan fingerprint density at radius 3 is 2.81 bits per heavy atom. The standard InChI is InChI=1S/C19H25ClN4O2.ClH/c1-13(21)16-5-2-3-12-24(16)18(25)7-4-6-17-22-19(23-26-17)14-8-10-15(20)11-9-14;/h8-11,13,16H,2-7,12,21H2,1H3;1H. The Bertz CT molecular complexity index is 734. The van der Waals surface area contributed by atoms with Crippen LogP contribution in [0.25, 0.3) is 11.4 Å². The number of nitrogens with zero attached hydrogens (tertiary/aromatic N) is 3. The number of hydrogen-bond donors (Lipinski definition) is 1. The minimum atomic E-state index is 0. The third-order valence-electron chi connectivity index (χ3n) is 4.83. The quantitative estimate of drug-likeness (QED) is 0.777. The van der Waals surface area contributed by atoms with Crippen LogP contribution < -0.4 is 5.73 Å². The van der Waals surface area contributed by atoms with Crippen molar-refractivity contribution < 1.29 is 9.32 Å². The summed E-state index contributed by atoms with van der Waals surface area (Å²) in [7, 11) is 0. The predicted molar refractivity (Wildman–Crippen MR) is 108 cm³/mol. The second-order valence-electron chi connectivity index (χ2n) is 6.88. The summed E-state index contributed by atoms with van der Waals surface area (Å²) in [5.41, 5.74) is 6.90. The average molecular weight is 413 g/mol. The van der Waals surface area contributed by atoms with Crippen LogP contribution in [0, 0.1) is 0 Å². The number of amides is 1. The highest BCUT2D eigenvalue weighted by atomic mass is 35.5. The minimum Gasteiger partial charge on any atom is -0.339 e. The summed E-state index contributed by atoms with van der Waals surface area (Å²) in [6.07, 6.45) is 4.94. The van der Waals surface area contributed by atoms with Gasteiger partial charge in [0, 0.05) is 42.1 Å². The Labute approximate surface area is 170 Å². The molecule has 0 spiro atoms. The van der Waals surface area contributed by atoms with Gasteiger partial charge in [-0.1, -0.05) is 16.8 Å². The van der Waals surface area contributed by atoms with E-state index >= 15 is 0 Å². The fourth-order valence-corrected chi connectivity index (χ4v) is 3.55. The molecule has 2 heterocycles. The van der Waals surface area contributed by atoms with E-state index < -0.39 is 0 Å². The molecule has 2 atom stereocenters. The van der Waals surface area contributed by atoms with Crippen LogP contribution in [0.4, 0.5) is 0 Å². The number of carbonyl (C=O) groups excluding carboxylic acids is 1. The van der Waals surface area contributed by atoms with Crippen molar-refractivity contribution in [3.8, 4) is 11.4 Å². The van der Waals surface area contributed by atoms with Crippen molar-refractivity contribution in [1.29, 1.82) is 0 Å². The number of aromatic nitrogens is 2. The first-order valence-electron chi connectivity index (χ1n) is 9.18. The van der Waals surface area contributed by atoms with Crippen molar-refractivity contribution in [2.24, 2.45) is 5.73 Å². The fraction of sp³-hybridized carbons (Fsp3) is 0.526. The van der Waals surface area contributed by atoms with E-state index in [1.807, 2.05) is 24.0 Å². The molecule has 2 unspecified atom stereocenters. The molecule has 3 rings (SSSR count). The fourth-order valence-electron chi connectivity index (χ4n) is 3.42. The van der Waals surface area contributed by atoms with Crippen LogP contribution in [0.1, 0.15) is 44.9 Å². The van der Waals surface area contributed by atoms with Crippen LogP contribution in [0.2, 0.25) is 5.02 Å². The molecule has 0 radical (unpaired) electrons. The van der Waals surface area contributed by atoms with Crippen LogP contribution in [0.15, 0.2) is 28.8 Å². The van der Waals surface area contributed by atoms with Crippen LogP contribution in [0.5, 0.6) is 0 Å². The maximum absolute atomic E-state index is 12.6. The summed E-state index contributed by atoms with van der Waals surface area (Å²) in [5, 5.41) is 4.66. The molecule has 2 N–H and O–H groups in total. The van der Waals surface area contributed by atoms with Gasteiger partial charge < -0.3 is 15.2 Å². The smallest absolute Gasteiger partial charge is 0.226 e. The van der Waals surface area contributed by atoms with E-state index in [1.54, 1.807) is 12.1 Å². The molecule has 1 fully saturated rings. The lowest BCUT2D eigenvalue weighted by Crippen LogP contribution is -2.51. The molecule has 148 valence electrons. The van der Waals surface area contributed by atoms with Gasteiger partial charge in [0.15, 0.2) is 0 Å². The summed E-state index contributed by atoms with van der Waals surface area (Å²) in [4.78, 5) is 18.9. The zero-order valence-electron chi connectivity index (χ0n) is 15.4. The molecule has 27 heavy (non-hydrogen) atoms. The number of rotatable bonds is 6. The lowest BCUT2D eigenvalue weighted by Gasteiger charge is -2.38. The minimum absolute atomic E-state index is 0. The van der Waals surface area contributed by atoms with Gasteiger partial charge in [-0.25, -0.2) is 0 Å². The Morgan fingerprint density at radius 1 is 1.37 bits per heavy atom. The molecule has 1 aromatic heterocycles. The number of nitrogens with two attached hydrogens (primary N) is 1. The highest BCUT2D eigenvalue weighted by Crippen LogP contribution is 2.21. The van der Waals surface area contributed by atoms with E-state index in [1.165, 1.54) is 0 Å². The van der Waals surface area contributed by atoms with Crippen LogP contribution in [-0.4, -0.2) is 39.6 Å². The molecule has 1 amide bonds. The first kappa shape index (κ1) is 21.7. The second kappa shape index (κ2) is 10.1. The van der Waals surface area contributed by atoms with Crippen LogP contribution in [0.3, 0.4) is 0 Å². The van der Waals surface area contributed by atoms with Gasteiger partial charge in [-0.2, -0.15) is 4.98 Å².